The molecular weight excluding hydrogens is 90.1 g/mol. The molecular formula is C5H9NO. The molecule has 7 heavy (non-hydrogen) atoms. The van der Waals surface area contributed by atoms with Crippen molar-refractivity contribution in [2.75, 3.05) is 0 Å². The van der Waals surface area contributed by atoms with Gasteiger partial charge in [-0.2, -0.15) is 0 Å². The molecule has 0 bridgehead atoms. The molecule has 0 aromatic heterocycles. The summed E-state index contributed by atoms with van der Waals surface area (Å²) in [5.41, 5.74) is 2.83. The summed E-state index contributed by atoms with van der Waals surface area (Å²) in [7, 11) is 0. The summed E-state index contributed by atoms with van der Waals surface area (Å²) in [6.45, 7) is 4.08. The minimum Gasteiger partial charge on any atom is -0.416 e. The topological polar surface area (TPSA) is 21.3 Å². The van der Waals surface area contributed by atoms with Crippen LogP contribution in [0.4, 0.5) is 0 Å². The van der Waals surface area contributed by atoms with Gasteiger partial charge in [-0.15, -0.1) is 5.48 Å². The van der Waals surface area contributed by atoms with E-state index in [0.717, 1.165) is 0 Å². The molecule has 40 valence electrons. The third kappa shape index (κ3) is 0.933. The number of hydrogen-bond acceptors (Lipinski definition) is 2. The standard InChI is InChI=1S/C5H9NO/c1-5(2)3-4-7-6-5/h3-4,6H,1-2H3. The van der Waals surface area contributed by atoms with E-state index in [2.05, 4.69) is 5.48 Å². The second-order valence-electron chi connectivity index (χ2n) is 2.24. The van der Waals surface area contributed by atoms with Crippen LogP contribution in [0.2, 0.25) is 0 Å². The van der Waals surface area contributed by atoms with E-state index in [1.54, 1.807) is 6.26 Å². The Bertz CT molecular complexity index is 96.3. The monoisotopic (exact) mass is 99.1 g/mol. The molecule has 1 aliphatic rings. The van der Waals surface area contributed by atoms with Gasteiger partial charge in [-0.1, -0.05) is 0 Å². The van der Waals surface area contributed by atoms with Crippen LogP contribution in [0, 0.1) is 0 Å². The van der Waals surface area contributed by atoms with Crippen molar-refractivity contribution in [3.8, 4) is 0 Å². The Morgan fingerprint density at radius 3 is 2.43 bits per heavy atom. The van der Waals surface area contributed by atoms with Crippen molar-refractivity contribution < 1.29 is 4.84 Å². The SMILES string of the molecule is CC1(C)C=CON1. The van der Waals surface area contributed by atoms with Crippen molar-refractivity contribution >= 4 is 0 Å². The summed E-state index contributed by atoms with van der Waals surface area (Å²) in [4.78, 5) is 4.73. The van der Waals surface area contributed by atoms with Gasteiger partial charge in [0.25, 0.3) is 0 Å². The van der Waals surface area contributed by atoms with E-state index in [9.17, 15) is 0 Å². The maximum Gasteiger partial charge on any atom is 0.109 e. The Labute approximate surface area is 43.1 Å². The molecule has 1 N–H and O–H groups in total. The lowest BCUT2D eigenvalue weighted by molar-refractivity contribution is 0.113. The number of hydrogen-bond donors (Lipinski definition) is 1. The molecule has 1 aliphatic heterocycles. The molecule has 0 aromatic rings. The molecule has 2 heteroatoms. The Balaban J connectivity index is 2.57. The van der Waals surface area contributed by atoms with Crippen LogP contribution in [-0.4, -0.2) is 5.54 Å². The van der Waals surface area contributed by atoms with E-state index in [-0.39, 0.29) is 5.54 Å². The maximum atomic E-state index is 4.73. The molecule has 0 spiro atoms. The van der Waals surface area contributed by atoms with Crippen molar-refractivity contribution in [3.05, 3.63) is 12.3 Å². The number of rotatable bonds is 0. The van der Waals surface area contributed by atoms with Crippen molar-refractivity contribution in [1.29, 1.82) is 0 Å². The van der Waals surface area contributed by atoms with Crippen LogP contribution in [0.25, 0.3) is 0 Å². The fourth-order valence-corrected chi connectivity index (χ4v) is 0.424. The van der Waals surface area contributed by atoms with Crippen molar-refractivity contribution in [2.24, 2.45) is 0 Å². The van der Waals surface area contributed by atoms with Gasteiger partial charge in [-0.3, -0.25) is 0 Å². The van der Waals surface area contributed by atoms with Gasteiger partial charge in [0.15, 0.2) is 0 Å². The first-order valence-electron chi connectivity index (χ1n) is 2.31. The number of hydroxylamine groups is 1. The minimum absolute atomic E-state index is 0.0417. The summed E-state index contributed by atoms with van der Waals surface area (Å²) in [5.74, 6) is 0. The highest BCUT2D eigenvalue weighted by Crippen LogP contribution is 2.08. The van der Waals surface area contributed by atoms with Crippen LogP contribution in [0.5, 0.6) is 0 Å². The molecule has 0 unspecified atom stereocenters. The average Bonchev–Trinajstić information content (AvgIpc) is 1.84. The zero-order chi connectivity index (χ0) is 5.33. The van der Waals surface area contributed by atoms with Crippen molar-refractivity contribution in [2.45, 2.75) is 19.4 Å². The van der Waals surface area contributed by atoms with Gasteiger partial charge in [0.05, 0.1) is 5.54 Å². The predicted octanol–water partition coefficient (Wildman–Crippen LogP) is 0.813. The lowest BCUT2D eigenvalue weighted by atomic mass is 10.1. The van der Waals surface area contributed by atoms with Crippen molar-refractivity contribution in [3.63, 3.8) is 0 Å². The largest absolute Gasteiger partial charge is 0.416 e. The molecule has 0 amide bonds. The normalized spacial score (nSPS) is 24.9. The molecule has 0 radical (unpaired) electrons. The average molecular weight is 99.1 g/mol. The van der Waals surface area contributed by atoms with E-state index >= 15 is 0 Å². The van der Waals surface area contributed by atoms with Gasteiger partial charge < -0.3 is 4.84 Å². The first-order chi connectivity index (χ1) is 3.21. The van der Waals surface area contributed by atoms with Gasteiger partial charge >= 0.3 is 0 Å². The van der Waals surface area contributed by atoms with E-state index in [1.807, 2.05) is 19.9 Å². The Kier molecular flexibility index (Phi) is 0.820. The summed E-state index contributed by atoms with van der Waals surface area (Å²) in [5, 5.41) is 0. The third-order valence-corrected chi connectivity index (χ3v) is 0.875. The predicted molar refractivity (Wildman–Crippen MR) is 27.4 cm³/mol. The lowest BCUT2D eigenvalue weighted by Gasteiger charge is -2.11. The van der Waals surface area contributed by atoms with E-state index in [1.165, 1.54) is 0 Å². The van der Waals surface area contributed by atoms with Crippen LogP contribution in [0.15, 0.2) is 12.3 Å². The summed E-state index contributed by atoms with van der Waals surface area (Å²) >= 11 is 0. The lowest BCUT2D eigenvalue weighted by Crippen LogP contribution is -2.30. The Hall–Kier alpha value is -0.500. The minimum atomic E-state index is 0.0417. The highest BCUT2D eigenvalue weighted by atomic mass is 16.6. The number of nitrogens with one attached hydrogen (secondary N) is 1. The first-order valence-corrected chi connectivity index (χ1v) is 2.31. The van der Waals surface area contributed by atoms with Crippen LogP contribution in [0.1, 0.15) is 13.8 Å². The molecule has 2 nitrogen and oxygen atoms in total. The fraction of sp³-hybridized carbons (Fsp3) is 0.600. The zero-order valence-electron chi connectivity index (χ0n) is 4.56. The van der Waals surface area contributed by atoms with Crippen molar-refractivity contribution in [1.82, 2.24) is 5.48 Å². The molecule has 0 saturated heterocycles. The van der Waals surface area contributed by atoms with Crippen LogP contribution in [0.3, 0.4) is 0 Å². The molecule has 1 heterocycles. The molecule has 0 aliphatic carbocycles. The van der Waals surface area contributed by atoms with Gasteiger partial charge in [-0.05, 0) is 19.9 Å². The van der Waals surface area contributed by atoms with Gasteiger partial charge in [0.2, 0.25) is 0 Å². The first kappa shape index (κ1) is 4.65. The Morgan fingerprint density at radius 2 is 2.29 bits per heavy atom. The maximum absolute atomic E-state index is 4.73. The Morgan fingerprint density at radius 1 is 1.57 bits per heavy atom. The molecule has 0 aromatic carbocycles. The second kappa shape index (κ2) is 1.23. The fourth-order valence-electron chi connectivity index (χ4n) is 0.424. The summed E-state index contributed by atoms with van der Waals surface area (Å²) in [6, 6.07) is 0. The molecule has 1 rings (SSSR count). The molecule has 0 atom stereocenters. The van der Waals surface area contributed by atoms with E-state index in [0.29, 0.717) is 0 Å². The van der Waals surface area contributed by atoms with Crippen LogP contribution in [-0.2, 0) is 4.84 Å². The third-order valence-electron chi connectivity index (χ3n) is 0.875. The quantitative estimate of drug-likeness (QED) is 0.485. The summed E-state index contributed by atoms with van der Waals surface area (Å²) in [6.07, 6.45) is 3.62. The van der Waals surface area contributed by atoms with E-state index in [4.69, 9.17) is 4.84 Å². The van der Waals surface area contributed by atoms with Gasteiger partial charge in [0.1, 0.15) is 6.26 Å². The van der Waals surface area contributed by atoms with Crippen LogP contribution >= 0.6 is 0 Å². The molecule has 0 fully saturated rings. The van der Waals surface area contributed by atoms with Gasteiger partial charge in [-0.25, -0.2) is 0 Å². The zero-order valence-corrected chi connectivity index (χ0v) is 4.56. The van der Waals surface area contributed by atoms with E-state index < -0.39 is 0 Å². The molecule has 0 saturated carbocycles. The van der Waals surface area contributed by atoms with Crippen LogP contribution < -0.4 is 5.48 Å². The smallest absolute Gasteiger partial charge is 0.109 e. The second-order valence-corrected chi connectivity index (χ2v) is 2.24. The summed E-state index contributed by atoms with van der Waals surface area (Å²) < 4.78 is 0. The van der Waals surface area contributed by atoms with Gasteiger partial charge in [0, 0.05) is 0 Å². The highest BCUT2D eigenvalue weighted by Gasteiger charge is 2.16. The highest BCUT2D eigenvalue weighted by molar-refractivity contribution is 4.99.